The van der Waals surface area contributed by atoms with E-state index in [0.29, 0.717) is 35.7 Å². The predicted octanol–water partition coefficient (Wildman–Crippen LogP) is 3.50. The Hall–Kier alpha value is -2.54. The molecule has 0 atom stereocenters. The van der Waals surface area contributed by atoms with Crippen LogP contribution in [0.15, 0.2) is 46.9 Å². The van der Waals surface area contributed by atoms with Crippen molar-refractivity contribution in [1.82, 2.24) is 10.2 Å². The number of hydrogen-bond acceptors (Lipinski definition) is 4. The largest absolute Gasteiger partial charge is 0.493 e. The lowest BCUT2D eigenvalue weighted by Gasteiger charge is -2.32. The van der Waals surface area contributed by atoms with Crippen molar-refractivity contribution >= 4 is 27.7 Å². The zero-order valence-electron chi connectivity index (χ0n) is 15.9. The molecule has 1 N–H and O–H groups in total. The number of nitrogens with zero attached hydrogens (tertiary/aromatic N) is 1. The van der Waals surface area contributed by atoms with Gasteiger partial charge in [0.25, 0.3) is 11.8 Å². The molecule has 2 aromatic carbocycles. The lowest BCUT2D eigenvalue weighted by Crippen LogP contribution is -2.46. The fourth-order valence-electron chi connectivity index (χ4n) is 3.25. The van der Waals surface area contributed by atoms with Crippen LogP contribution in [0.2, 0.25) is 0 Å². The van der Waals surface area contributed by atoms with Gasteiger partial charge in [-0.2, -0.15) is 0 Å². The van der Waals surface area contributed by atoms with Crippen LogP contribution in [-0.2, 0) is 0 Å². The minimum absolute atomic E-state index is 0.0252. The molecule has 7 heteroatoms. The number of hydrogen-bond donors (Lipinski definition) is 1. The molecule has 148 valence electrons. The van der Waals surface area contributed by atoms with E-state index < -0.39 is 0 Å². The Labute approximate surface area is 172 Å². The smallest absolute Gasteiger partial charge is 0.253 e. The molecule has 28 heavy (non-hydrogen) atoms. The summed E-state index contributed by atoms with van der Waals surface area (Å²) in [7, 11) is 3.10. The van der Waals surface area contributed by atoms with Crippen molar-refractivity contribution in [2.75, 3.05) is 27.3 Å². The van der Waals surface area contributed by atoms with E-state index in [1.54, 1.807) is 25.3 Å². The minimum Gasteiger partial charge on any atom is -0.493 e. The molecule has 1 saturated heterocycles. The number of halogens is 1. The fraction of sp³-hybridized carbons (Fsp3) is 0.333. The number of amides is 2. The molecule has 2 amide bonds. The third-order valence-electron chi connectivity index (χ3n) is 4.85. The second-order valence-corrected chi connectivity index (χ2v) is 7.53. The lowest BCUT2D eigenvalue weighted by atomic mass is 10.0. The number of carbonyl (C=O) groups excluding carboxylic acids is 2. The van der Waals surface area contributed by atoms with Crippen LogP contribution in [0, 0.1) is 0 Å². The van der Waals surface area contributed by atoms with Crippen molar-refractivity contribution in [2.24, 2.45) is 0 Å². The Morgan fingerprint density at radius 2 is 1.57 bits per heavy atom. The number of piperidine rings is 1. The standard InChI is InChI=1S/C21H23BrN2O4/c1-27-18-8-5-15(13-19(18)28-2)20(25)23-17-9-11-24(12-10-17)21(26)14-3-6-16(22)7-4-14/h3-8,13,17H,9-12H2,1-2H3,(H,23,25). The highest BCUT2D eigenvalue weighted by molar-refractivity contribution is 9.10. The van der Waals surface area contributed by atoms with E-state index in [4.69, 9.17) is 9.47 Å². The van der Waals surface area contributed by atoms with E-state index in [1.165, 1.54) is 7.11 Å². The summed E-state index contributed by atoms with van der Waals surface area (Å²) in [5.41, 5.74) is 1.20. The molecule has 1 fully saturated rings. The molecule has 3 rings (SSSR count). The SMILES string of the molecule is COc1ccc(C(=O)NC2CCN(C(=O)c3ccc(Br)cc3)CC2)cc1OC. The Morgan fingerprint density at radius 3 is 2.18 bits per heavy atom. The van der Waals surface area contributed by atoms with Gasteiger partial charge in [0.15, 0.2) is 11.5 Å². The average Bonchev–Trinajstić information content (AvgIpc) is 2.73. The number of carbonyl (C=O) groups is 2. The summed E-state index contributed by atoms with van der Waals surface area (Å²) in [6.45, 7) is 1.23. The molecular formula is C21H23BrN2O4. The van der Waals surface area contributed by atoms with E-state index >= 15 is 0 Å². The van der Waals surface area contributed by atoms with Crippen molar-refractivity contribution in [2.45, 2.75) is 18.9 Å². The van der Waals surface area contributed by atoms with Crippen LogP contribution >= 0.6 is 15.9 Å². The number of methoxy groups -OCH3 is 2. The van der Waals surface area contributed by atoms with Crippen molar-refractivity contribution in [1.29, 1.82) is 0 Å². The number of likely N-dealkylation sites (tertiary alicyclic amines) is 1. The van der Waals surface area contributed by atoms with Crippen molar-refractivity contribution in [3.8, 4) is 11.5 Å². The van der Waals surface area contributed by atoms with Crippen LogP contribution in [0.5, 0.6) is 11.5 Å². The van der Waals surface area contributed by atoms with Crippen molar-refractivity contribution in [3.63, 3.8) is 0 Å². The first kappa shape index (κ1) is 20.2. The maximum atomic E-state index is 12.6. The Balaban J connectivity index is 1.56. The monoisotopic (exact) mass is 446 g/mol. The molecule has 0 saturated carbocycles. The number of rotatable bonds is 5. The first-order valence-corrected chi connectivity index (χ1v) is 9.89. The van der Waals surface area contributed by atoms with Gasteiger partial charge in [0.1, 0.15) is 0 Å². The van der Waals surface area contributed by atoms with Gasteiger partial charge in [-0.25, -0.2) is 0 Å². The molecule has 6 nitrogen and oxygen atoms in total. The molecule has 0 aromatic heterocycles. The molecule has 0 unspecified atom stereocenters. The summed E-state index contributed by atoms with van der Waals surface area (Å²) >= 11 is 3.38. The maximum absolute atomic E-state index is 12.6. The van der Waals surface area contributed by atoms with E-state index in [9.17, 15) is 9.59 Å². The highest BCUT2D eigenvalue weighted by atomic mass is 79.9. The van der Waals surface area contributed by atoms with E-state index in [1.807, 2.05) is 29.2 Å². The first-order valence-electron chi connectivity index (χ1n) is 9.09. The maximum Gasteiger partial charge on any atom is 0.253 e. The average molecular weight is 447 g/mol. The second-order valence-electron chi connectivity index (χ2n) is 6.62. The third kappa shape index (κ3) is 4.65. The molecule has 0 aliphatic carbocycles. The highest BCUT2D eigenvalue weighted by Crippen LogP contribution is 2.27. The molecule has 1 aliphatic rings. The van der Waals surface area contributed by atoms with E-state index in [2.05, 4.69) is 21.2 Å². The summed E-state index contributed by atoms with van der Waals surface area (Å²) in [6, 6.07) is 12.5. The van der Waals surface area contributed by atoms with Gasteiger partial charge in [0.2, 0.25) is 0 Å². The Kier molecular flexibility index (Phi) is 6.57. The van der Waals surface area contributed by atoms with Crippen molar-refractivity contribution < 1.29 is 19.1 Å². The summed E-state index contributed by atoms with van der Waals surface area (Å²) in [4.78, 5) is 27.0. The molecule has 2 aromatic rings. The van der Waals surface area contributed by atoms with Gasteiger partial charge in [0.05, 0.1) is 14.2 Å². The minimum atomic E-state index is -0.154. The van der Waals surface area contributed by atoms with Gasteiger partial charge in [-0.05, 0) is 55.3 Å². The van der Waals surface area contributed by atoms with Crippen LogP contribution in [0.3, 0.4) is 0 Å². The lowest BCUT2D eigenvalue weighted by molar-refractivity contribution is 0.0698. The summed E-state index contributed by atoms with van der Waals surface area (Å²) in [5, 5.41) is 3.05. The molecule has 0 bridgehead atoms. The zero-order valence-corrected chi connectivity index (χ0v) is 17.5. The third-order valence-corrected chi connectivity index (χ3v) is 5.38. The summed E-state index contributed by atoms with van der Waals surface area (Å²) < 4.78 is 11.4. The Bertz CT molecular complexity index is 846. The highest BCUT2D eigenvalue weighted by Gasteiger charge is 2.25. The topological polar surface area (TPSA) is 67.9 Å². The van der Waals surface area contributed by atoms with Crippen LogP contribution in [0.1, 0.15) is 33.6 Å². The van der Waals surface area contributed by atoms with Gasteiger partial charge in [-0.1, -0.05) is 15.9 Å². The summed E-state index contributed by atoms with van der Waals surface area (Å²) in [5.74, 6) is 0.972. The molecular weight excluding hydrogens is 424 g/mol. The molecule has 1 aliphatic heterocycles. The fourth-order valence-corrected chi connectivity index (χ4v) is 3.51. The van der Waals surface area contributed by atoms with Crippen LogP contribution < -0.4 is 14.8 Å². The molecule has 1 heterocycles. The van der Waals surface area contributed by atoms with Gasteiger partial charge in [0, 0.05) is 34.7 Å². The second kappa shape index (κ2) is 9.10. The van der Waals surface area contributed by atoms with Crippen LogP contribution in [-0.4, -0.2) is 50.1 Å². The quantitative estimate of drug-likeness (QED) is 0.762. The molecule has 0 spiro atoms. The van der Waals surface area contributed by atoms with Gasteiger partial charge in [-0.3, -0.25) is 9.59 Å². The normalized spacial score (nSPS) is 14.5. The van der Waals surface area contributed by atoms with Gasteiger partial charge >= 0.3 is 0 Å². The van der Waals surface area contributed by atoms with Crippen molar-refractivity contribution in [3.05, 3.63) is 58.1 Å². The van der Waals surface area contributed by atoms with Gasteiger partial charge < -0.3 is 19.7 Å². The Morgan fingerprint density at radius 1 is 0.964 bits per heavy atom. The predicted molar refractivity (Wildman–Crippen MR) is 110 cm³/mol. The number of nitrogens with one attached hydrogen (secondary N) is 1. The first-order chi connectivity index (χ1) is 13.5. The number of ether oxygens (including phenoxy) is 2. The van der Waals surface area contributed by atoms with E-state index in [-0.39, 0.29) is 17.9 Å². The number of benzene rings is 2. The zero-order chi connectivity index (χ0) is 20.1. The van der Waals surface area contributed by atoms with E-state index in [0.717, 1.165) is 17.3 Å². The van der Waals surface area contributed by atoms with Gasteiger partial charge in [-0.15, -0.1) is 0 Å². The molecule has 0 radical (unpaired) electrons. The van der Waals surface area contributed by atoms with Crippen LogP contribution in [0.4, 0.5) is 0 Å². The summed E-state index contributed by atoms with van der Waals surface area (Å²) in [6.07, 6.45) is 1.45. The van der Waals surface area contributed by atoms with Crippen LogP contribution in [0.25, 0.3) is 0 Å².